The summed E-state index contributed by atoms with van der Waals surface area (Å²) in [6.07, 6.45) is 4.46. The molecule has 0 spiro atoms. The van der Waals surface area contributed by atoms with E-state index in [0.717, 1.165) is 24.2 Å². The molecule has 2 aliphatic rings. The minimum Gasteiger partial charge on any atom is -0.338 e. The minimum atomic E-state index is -0.102. The van der Waals surface area contributed by atoms with Crippen LogP contribution < -0.4 is 0 Å². The van der Waals surface area contributed by atoms with E-state index in [4.69, 9.17) is 0 Å². The molecule has 0 aliphatic carbocycles. The quantitative estimate of drug-likeness (QED) is 0.912. The number of H-pyrrole nitrogens is 1. The molecular weight excluding hydrogens is 318 g/mol. The zero-order valence-electron chi connectivity index (χ0n) is 14.2. The Labute approximate surface area is 146 Å². The molecule has 1 N–H and O–H groups in total. The standard InChI is InChI=1S/C18H21N5O2/c1-12-7-16(21-20-12)18(25)23-10-14-4-6-22(17(24)15(14)11-23)9-13-3-2-5-19-8-13/h2-3,5,7-8,14-15H,4,6,9-11H2,1H3,(H,20,21)/t14-,15-/m0/s1. The molecular formula is C18H21N5O2. The SMILES string of the molecule is Cc1cc(C(=O)N2C[C@@H]3CCN(Cc4cccnc4)C(=O)[C@H]3C2)n[nH]1. The molecule has 2 aromatic heterocycles. The number of hydrogen-bond acceptors (Lipinski definition) is 4. The number of piperidine rings is 1. The van der Waals surface area contributed by atoms with Crippen molar-refractivity contribution >= 4 is 11.8 Å². The van der Waals surface area contributed by atoms with Crippen molar-refractivity contribution in [2.45, 2.75) is 19.9 Å². The Morgan fingerprint density at radius 2 is 2.28 bits per heavy atom. The first-order valence-electron chi connectivity index (χ1n) is 8.61. The number of fused-ring (bicyclic) bond motifs is 1. The van der Waals surface area contributed by atoms with E-state index >= 15 is 0 Å². The zero-order valence-corrected chi connectivity index (χ0v) is 14.2. The van der Waals surface area contributed by atoms with Crippen LogP contribution in [0.25, 0.3) is 0 Å². The number of hydrogen-bond donors (Lipinski definition) is 1. The average molecular weight is 339 g/mol. The monoisotopic (exact) mass is 339 g/mol. The number of aryl methyl sites for hydroxylation is 1. The van der Waals surface area contributed by atoms with Gasteiger partial charge in [0.25, 0.3) is 5.91 Å². The first-order chi connectivity index (χ1) is 12.1. The summed E-state index contributed by atoms with van der Waals surface area (Å²) >= 11 is 0. The van der Waals surface area contributed by atoms with Crippen LogP contribution in [0.5, 0.6) is 0 Å². The van der Waals surface area contributed by atoms with Crippen LogP contribution in [0.3, 0.4) is 0 Å². The van der Waals surface area contributed by atoms with Gasteiger partial charge in [0.15, 0.2) is 0 Å². The smallest absolute Gasteiger partial charge is 0.274 e. The van der Waals surface area contributed by atoms with Crippen LogP contribution in [0, 0.1) is 18.8 Å². The van der Waals surface area contributed by atoms with Gasteiger partial charge >= 0.3 is 0 Å². The number of pyridine rings is 1. The number of carbonyl (C=O) groups is 2. The van der Waals surface area contributed by atoms with E-state index in [1.54, 1.807) is 23.4 Å². The van der Waals surface area contributed by atoms with Gasteiger partial charge in [-0.15, -0.1) is 0 Å². The van der Waals surface area contributed by atoms with Gasteiger partial charge in [-0.25, -0.2) is 0 Å². The molecule has 2 atom stereocenters. The van der Waals surface area contributed by atoms with Gasteiger partial charge < -0.3 is 9.80 Å². The molecule has 7 heteroatoms. The summed E-state index contributed by atoms with van der Waals surface area (Å²) in [5.41, 5.74) is 2.32. The van der Waals surface area contributed by atoms with Crippen molar-refractivity contribution in [3.8, 4) is 0 Å². The van der Waals surface area contributed by atoms with Gasteiger partial charge in [-0.1, -0.05) is 6.07 Å². The molecule has 7 nitrogen and oxygen atoms in total. The van der Waals surface area contributed by atoms with Crippen LogP contribution in [0.4, 0.5) is 0 Å². The lowest BCUT2D eigenvalue weighted by Gasteiger charge is -2.33. The summed E-state index contributed by atoms with van der Waals surface area (Å²) in [6, 6.07) is 5.62. The van der Waals surface area contributed by atoms with Gasteiger partial charge in [-0.05, 0) is 37.0 Å². The molecule has 0 radical (unpaired) electrons. The average Bonchev–Trinajstić information content (AvgIpc) is 3.24. The summed E-state index contributed by atoms with van der Waals surface area (Å²) < 4.78 is 0. The van der Waals surface area contributed by atoms with Crippen LogP contribution in [0.2, 0.25) is 0 Å². The summed E-state index contributed by atoms with van der Waals surface area (Å²) in [5, 5.41) is 6.85. The topological polar surface area (TPSA) is 82.2 Å². The second-order valence-electron chi connectivity index (χ2n) is 6.92. The maximum Gasteiger partial charge on any atom is 0.274 e. The molecule has 4 heterocycles. The number of rotatable bonds is 3. The van der Waals surface area contributed by atoms with Crippen molar-refractivity contribution in [2.75, 3.05) is 19.6 Å². The second-order valence-corrected chi connectivity index (χ2v) is 6.92. The first kappa shape index (κ1) is 15.8. The van der Waals surface area contributed by atoms with Gasteiger partial charge in [0.1, 0.15) is 5.69 Å². The Hall–Kier alpha value is -2.70. The van der Waals surface area contributed by atoms with E-state index < -0.39 is 0 Å². The maximum atomic E-state index is 12.9. The van der Waals surface area contributed by atoms with Crippen LogP contribution in [0.1, 0.15) is 28.2 Å². The van der Waals surface area contributed by atoms with E-state index in [2.05, 4.69) is 15.2 Å². The van der Waals surface area contributed by atoms with Crippen molar-refractivity contribution in [1.82, 2.24) is 25.0 Å². The van der Waals surface area contributed by atoms with Crippen molar-refractivity contribution in [2.24, 2.45) is 11.8 Å². The molecule has 2 aromatic rings. The Kier molecular flexibility index (Phi) is 3.99. The Morgan fingerprint density at radius 3 is 3.00 bits per heavy atom. The fourth-order valence-corrected chi connectivity index (χ4v) is 3.83. The van der Waals surface area contributed by atoms with E-state index in [-0.39, 0.29) is 23.7 Å². The highest BCUT2D eigenvalue weighted by Gasteiger charge is 2.44. The zero-order chi connectivity index (χ0) is 17.4. The number of nitrogens with one attached hydrogen (secondary N) is 1. The van der Waals surface area contributed by atoms with Crippen LogP contribution in [-0.4, -0.2) is 56.4 Å². The van der Waals surface area contributed by atoms with E-state index in [1.807, 2.05) is 24.0 Å². The molecule has 130 valence electrons. The normalized spacial score (nSPS) is 23.0. The van der Waals surface area contributed by atoms with Gasteiger partial charge in [-0.3, -0.25) is 19.7 Å². The first-order valence-corrected chi connectivity index (χ1v) is 8.61. The lowest BCUT2D eigenvalue weighted by molar-refractivity contribution is -0.140. The van der Waals surface area contributed by atoms with Gasteiger partial charge in [-0.2, -0.15) is 5.10 Å². The molecule has 2 amide bonds. The summed E-state index contributed by atoms with van der Waals surface area (Å²) in [7, 11) is 0. The third-order valence-corrected chi connectivity index (χ3v) is 5.15. The van der Waals surface area contributed by atoms with E-state index in [9.17, 15) is 9.59 Å². The Morgan fingerprint density at radius 1 is 1.40 bits per heavy atom. The van der Waals surface area contributed by atoms with E-state index in [0.29, 0.717) is 25.3 Å². The Balaban J connectivity index is 1.44. The van der Waals surface area contributed by atoms with Crippen molar-refractivity contribution < 1.29 is 9.59 Å². The summed E-state index contributed by atoms with van der Waals surface area (Å²) in [4.78, 5) is 33.2. The number of nitrogens with zero attached hydrogens (tertiary/aromatic N) is 4. The predicted molar refractivity (Wildman–Crippen MR) is 90.5 cm³/mol. The highest BCUT2D eigenvalue weighted by atomic mass is 16.2. The predicted octanol–water partition coefficient (Wildman–Crippen LogP) is 1.23. The fourth-order valence-electron chi connectivity index (χ4n) is 3.83. The molecule has 0 aromatic carbocycles. The number of carbonyl (C=O) groups excluding carboxylic acids is 2. The Bertz CT molecular complexity index is 788. The van der Waals surface area contributed by atoms with Gasteiger partial charge in [0.2, 0.25) is 5.91 Å². The molecule has 2 fully saturated rings. The molecule has 2 saturated heterocycles. The number of aromatic nitrogens is 3. The van der Waals surface area contributed by atoms with Crippen molar-refractivity contribution in [1.29, 1.82) is 0 Å². The largest absolute Gasteiger partial charge is 0.338 e. The lowest BCUT2D eigenvalue weighted by Crippen LogP contribution is -2.44. The third kappa shape index (κ3) is 3.01. The summed E-state index contributed by atoms with van der Waals surface area (Å²) in [6.45, 7) is 4.31. The number of amides is 2. The summed E-state index contributed by atoms with van der Waals surface area (Å²) in [5.74, 6) is 0.204. The van der Waals surface area contributed by atoms with Crippen LogP contribution in [-0.2, 0) is 11.3 Å². The second kappa shape index (κ2) is 6.31. The highest BCUT2D eigenvalue weighted by Crippen LogP contribution is 2.33. The van der Waals surface area contributed by atoms with Gasteiger partial charge in [0.05, 0.1) is 5.92 Å². The van der Waals surface area contributed by atoms with Crippen LogP contribution >= 0.6 is 0 Å². The number of likely N-dealkylation sites (tertiary alicyclic amines) is 2. The van der Waals surface area contributed by atoms with Crippen molar-refractivity contribution in [3.05, 3.63) is 47.5 Å². The van der Waals surface area contributed by atoms with E-state index in [1.165, 1.54) is 0 Å². The van der Waals surface area contributed by atoms with Crippen molar-refractivity contribution in [3.63, 3.8) is 0 Å². The molecule has 2 aliphatic heterocycles. The van der Waals surface area contributed by atoms with Gasteiger partial charge in [0, 0.05) is 44.3 Å². The molecule has 0 unspecified atom stereocenters. The maximum absolute atomic E-state index is 12.9. The van der Waals surface area contributed by atoms with Crippen LogP contribution in [0.15, 0.2) is 30.6 Å². The molecule has 0 bridgehead atoms. The minimum absolute atomic E-state index is 0.0923. The highest BCUT2D eigenvalue weighted by molar-refractivity contribution is 5.93. The number of aromatic amines is 1. The molecule has 4 rings (SSSR count). The molecule has 0 saturated carbocycles. The third-order valence-electron chi connectivity index (χ3n) is 5.15. The lowest BCUT2D eigenvalue weighted by atomic mass is 9.88. The molecule has 25 heavy (non-hydrogen) atoms. The fraction of sp³-hybridized carbons (Fsp3) is 0.444.